The molecular weight excluding hydrogens is 324 g/mol. The number of nitrogens with one attached hydrogen (secondary N) is 1. The predicted molar refractivity (Wildman–Crippen MR) is 71.4 cm³/mol. The summed E-state index contributed by atoms with van der Waals surface area (Å²) in [6.07, 6.45) is 3.64. The Morgan fingerprint density at radius 2 is 2.13 bits per heavy atom. The first-order chi connectivity index (χ1) is 7.25. The van der Waals surface area contributed by atoms with Crippen LogP contribution in [0.2, 0.25) is 0 Å². The molecule has 1 aromatic carbocycles. The van der Waals surface area contributed by atoms with Crippen molar-refractivity contribution < 1.29 is 4.79 Å². The first-order valence-electron chi connectivity index (χ1n) is 4.49. The highest BCUT2D eigenvalue weighted by Gasteiger charge is 2.06. The molecule has 0 saturated carbocycles. The minimum absolute atomic E-state index is 0.0563. The van der Waals surface area contributed by atoms with Gasteiger partial charge in [0.25, 0.3) is 5.91 Å². The summed E-state index contributed by atoms with van der Waals surface area (Å²) >= 11 is 7.60. The Morgan fingerprint density at radius 3 is 2.80 bits per heavy atom. The first-order valence-corrected chi connectivity index (χ1v) is 6.10. The third-order valence-corrected chi connectivity index (χ3v) is 2.87. The van der Waals surface area contributed by atoms with Crippen LogP contribution in [0.1, 0.15) is 10.4 Å². The second kappa shape index (κ2) is 6.85. The van der Waals surface area contributed by atoms with Gasteiger partial charge >= 0.3 is 0 Å². The van der Waals surface area contributed by atoms with Gasteiger partial charge in [-0.15, -0.1) is 11.6 Å². The Balaban J connectivity index is 2.54. The van der Waals surface area contributed by atoms with E-state index in [0.717, 1.165) is 3.57 Å². The number of hydrogen-bond acceptors (Lipinski definition) is 1. The van der Waals surface area contributed by atoms with E-state index in [1.807, 2.05) is 30.3 Å². The maximum absolute atomic E-state index is 11.6. The number of alkyl halides is 1. The molecular formula is C11H11ClINO. The molecule has 0 aliphatic carbocycles. The van der Waals surface area contributed by atoms with Gasteiger partial charge in [0.15, 0.2) is 0 Å². The van der Waals surface area contributed by atoms with Crippen molar-refractivity contribution in [2.24, 2.45) is 0 Å². The van der Waals surface area contributed by atoms with Crippen LogP contribution in [0.3, 0.4) is 0 Å². The molecule has 4 heteroatoms. The van der Waals surface area contributed by atoms with Crippen molar-refractivity contribution in [1.82, 2.24) is 5.32 Å². The zero-order valence-electron chi connectivity index (χ0n) is 8.04. The summed E-state index contributed by atoms with van der Waals surface area (Å²) in [6.45, 7) is 0.510. The van der Waals surface area contributed by atoms with E-state index in [1.165, 1.54) is 0 Å². The van der Waals surface area contributed by atoms with E-state index >= 15 is 0 Å². The molecule has 15 heavy (non-hydrogen) atoms. The van der Waals surface area contributed by atoms with Crippen molar-refractivity contribution in [3.8, 4) is 0 Å². The van der Waals surface area contributed by atoms with Crippen LogP contribution in [0, 0.1) is 3.57 Å². The minimum Gasteiger partial charge on any atom is -0.349 e. The highest BCUT2D eigenvalue weighted by molar-refractivity contribution is 14.1. The van der Waals surface area contributed by atoms with Crippen molar-refractivity contribution in [1.29, 1.82) is 0 Å². The van der Waals surface area contributed by atoms with Crippen LogP contribution in [-0.4, -0.2) is 18.3 Å². The summed E-state index contributed by atoms with van der Waals surface area (Å²) in [4.78, 5) is 11.6. The molecule has 0 unspecified atom stereocenters. The SMILES string of the molecule is O=C(NC/C=C/CCl)c1ccccc1I. The summed E-state index contributed by atoms with van der Waals surface area (Å²) in [5, 5.41) is 2.79. The maximum Gasteiger partial charge on any atom is 0.252 e. The molecule has 1 amide bonds. The predicted octanol–water partition coefficient (Wildman–Crippen LogP) is 2.82. The topological polar surface area (TPSA) is 29.1 Å². The van der Waals surface area contributed by atoms with Gasteiger partial charge in [0.1, 0.15) is 0 Å². The Kier molecular flexibility index (Phi) is 5.71. The molecule has 1 aromatic rings. The molecule has 80 valence electrons. The lowest BCUT2D eigenvalue weighted by molar-refractivity contribution is 0.0957. The van der Waals surface area contributed by atoms with E-state index in [9.17, 15) is 4.79 Å². The average Bonchev–Trinajstić information content (AvgIpc) is 2.25. The molecule has 0 atom stereocenters. The van der Waals surface area contributed by atoms with Crippen LogP contribution in [-0.2, 0) is 0 Å². The lowest BCUT2D eigenvalue weighted by Gasteiger charge is -2.03. The highest BCUT2D eigenvalue weighted by atomic mass is 127. The smallest absolute Gasteiger partial charge is 0.252 e. The van der Waals surface area contributed by atoms with E-state index in [2.05, 4.69) is 27.9 Å². The third kappa shape index (κ3) is 4.22. The monoisotopic (exact) mass is 335 g/mol. The molecule has 1 rings (SSSR count). The van der Waals surface area contributed by atoms with Gasteiger partial charge in [-0.05, 0) is 34.7 Å². The summed E-state index contributed by atoms with van der Waals surface area (Å²) in [5.41, 5.74) is 0.706. The maximum atomic E-state index is 11.6. The molecule has 2 nitrogen and oxygen atoms in total. The van der Waals surface area contributed by atoms with Crippen LogP contribution in [0.5, 0.6) is 0 Å². The number of halogens is 2. The zero-order valence-corrected chi connectivity index (χ0v) is 11.0. The van der Waals surface area contributed by atoms with Gasteiger partial charge in [-0.1, -0.05) is 24.3 Å². The molecule has 0 heterocycles. The van der Waals surface area contributed by atoms with E-state index in [0.29, 0.717) is 18.0 Å². The van der Waals surface area contributed by atoms with Crippen molar-refractivity contribution in [2.45, 2.75) is 0 Å². The molecule has 0 fully saturated rings. The Bertz CT molecular complexity index is 365. The second-order valence-electron chi connectivity index (χ2n) is 2.82. The highest BCUT2D eigenvalue weighted by Crippen LogP contribution is 2.10. The fourth-order valence-electron chi connectivity index (χ4n) is 1.04. The Morgan fingerprint density at radius 1 is 1.40 bits per heavy atom. The third-order valence-electron chi connectivity index (χ3n) is 1.75. The van der Waals surface area contributed by atoms with Crippen molar-refractivity contribution >= 4 is 40.1 Å². The summed E-state index contributed by atoms with van der Waals surface area (Å²) in [6, 6.07) is 7.48. The lowest BCUT2D eigenvalue weighted by Crippen LogP contribution is -2.24. The molecule has 0 saturated heterocycles. The molecule has 0 spiro atoms. The van der Waals surface area contributed by atoms with Crippen LogP contribution in [0.25, 0.3) is 0 Å². The number of carbonyl (C=O) groups excluding carboxylic acids is 1. The normalized spacial score (nSPS) is 10.5. The van der Waals surface area contributed by atoms with Crippen molar-refractivity contribution in [3.05, 3.63) is 45.6 Å². The van der Waals surface area contributed by atoms with E-state index in [-0.39, 0.29) is 5.91 Å². The van der Waals surface area contributed by atoms with Gasteiger partial charge < -0.3 is 5.32 Å². The summed E-state index contributed by atoms with van der Waals surface area (Å²) in [7, 11) is 0. The largest absolute Gasteiger partial charge is 0.349 e. The quantitative estimate of drug-likeness (QED) is 0.512. The molecule has 0 aliphatic rings. The first kappa shape index (κ1) is 12.5. The number of allylic oxidation sites excluding steroid dienone is 1. The van der Waals surface area contributed by atoms with E-state index < -0.39 is 0 Å². The fourth-order valence-corrected chi connectivity index (χ4v) is 1.80. The van der Waals surface area contributed by atoms with Crippen molar-refractivity contribution in [2.75, 3.05) is 12.4 Å². The molecule has 0 radical (unpaired) electrons. The van der Waals surface area contributed by atoms with Crippen LogP contribution >= 0.6 is 34.2 Å². The van der Waals surface area contributed by atoms with Crippen LogP contribution < -0.4 is 5.32 Å². The standard InChI is InChI=1S/C11H11ClINO/c12-7-3-4-8-14-11(15)9-5-1-2-6-10(9)13/h1-6H,7-8H2,(H,14,15)/b4-3+. The number of hydrogen-bond donors (Lipinski definition) is 1. The van der Waals surface area contributed by atoms with Gasteiger partial charge in [0.05, 0.1) is 5.56 Å². The van der Waals surface area contributed by atoms with Crippen LogP contribution in [0.15, 0.2) is 36.4 Å². The number of rotatable bonds is 4. The average molecular weight is 336 g/mol. The molecule has 0 aliphatic heterocycles. The van der Waals surface area contributed by atoms with Gasteiger partial charge in [-0.2, -0.15) is 0 Å². The molecule has 0 aromatic heterocycles. The lowest BCUT2D eigenvalue weighted by atomic mass is 10.2. The van der Waals surface area contributed by atoms with Gasteiger partial charge in [0, 0.05) is 16.0 Å². The van der Waals surface area contributed by atoms with Crippen LogP contribution in [0.4, 0.5) is 0 Å². The van der Waals surface area contributed by atoms with Gasteiger partial charge in [-0.3, -0.25) is 4.79 Å². The number of amides is 1. The summed E-state index contributed by atoms with van der Waals surface area (Å²) < 4.78 is 0.953. The summed E-state index contributed by atoms with van der Waals surface area (Å²) in [5.74, 6) is 0.415. The Hall–Kier alpha value is -0.550. The van der Waals surface area contributed by atoms with Crippen molar-refractivity contribution in [3.63, 3.8) is 0 Å². The Labute approximate surface area is 108 Å². The zero-order chi connectivity index (χ0) is 11.1. The molecule has 1 N–H and O–H groups in total. The number of carbonyl (C=O) groups is 1. The van der Waals surface area contributed by atoms with Gasteiger partial charge in [0.2, 0.25) is 0 Å². The molecule has 0 bridgehead atoms. The second-order valence-corrected chi connectivity index (χ2v) is 4.29. The van der Waals surface area contributed by atoms with Gasteiger partial charge in [-0.25, -0.2) is 0 Å². The number of benzene rings is 1. The van der Waals surface area contributed by atoms with E-state index in [4.69, 9.17) is 11.6 Å². The van der Waals surface area contributed by atoms with E-state index in [1.54, 1.807) is 6.08 Å². The minimum atomic E-state index is -0.0563. The fraction of sp³-hybridized carbons (Fsp3) is 0.182.